The second kappa shape index (κ2) is 13.1. The van der Waals surface area contributed by atoms with Crippen molar-refractivity contribution in [2.45, 2.75) is 6.61 Å². The van der Waals surface area contributed by atoms with Crippen molar-refractivity contribution in [2.24, 2.45) is 0 Å². The highest BCUT2D eigenvalue weighted by atomic mass is 16.5. The van der Waals surface area contributed by atoms with Gasteiger partial charge in [-0.25, -0.2) is 0 Å². The number of methoxy groups -OCH3 is 3. The Balaban J connectivity index is 1.39. The Kier molecular flexibility index (Phi) is 9.54. The van der Waals surface area contributed by atoms with Crippen LogP contribution in [0.4, 0.5) is 0 Å². The lowest BCUT2D eigenvalue weighted by atomic mass is 10.2. The smallest absolute Gasteiger partial charge is 0.203 e. The zero-order valence-electron chi connectivity index (χ0n) is 19.3. The molecule has 7 nitrogen and oxygen atoms in total. The maximum absolute atomic E-state index is 5.96. The molecule has 0 saturated heterocycles. The molecule has 0 aromatic heterocycles. The van der Waals surface area contributed by atoms with Crippen molar-refractivity contribution in [2.75, 3.05) is 47.6 Å². The van der Waals surface area contributed by atoms with E-state index in [-0.39, 0.29) is 0 Å². The molecule has 0 aliphatic rings. The summed E-state index contributed by atoms with van der Waals surface area (Å²) in [4.78, 5) is 0. The molecule has 3 rings (SSSR count). The van der Waals surface area contributed by atoms with E-state index in [1.165, 1.54) is 0 Å². The minimum absolute atomic E-state index is 0.451. The SMILES string of the molecule is COc1ccc(COc2ccccc2OCCNCCOc2c(OC)cccc2OC)cc1. The second-order valence-electron chi connectivity index (χ2n) is 7.02. The Hall–Kier alpha value is -3.58. The van der Waals surface area contributed by atoms with Gasteiger partial charge in [-0.1, -0.05) is 30.3 Å². The van der Waals surface area contributed by atoms with Crippen molar-refractivity contribution in [1.82, 2.24) is 5.32 Å². The molecule has 0 saturated carbocycles. The van der Waals surface area contributed by atoms with Crippen molar-refractivity contribution < 1.29 is 28.4 Å². The number of para-hydroxylation sites is 3. The van der Waals surface area contributed by atoms with Crippen LogP contribution in [0.5, 0.6) is 34.5 Å². The predicted molar refractivity (Wildman–Crippen MR) is 127 cm³/mol. The Morgan fingerprint density at radius 1 is 0.576 bits per heavy atom. The van der Waals surface area contributed by atoms with E-state index in [0.717, 1.165) is 11.3 Å². The molecule has 0 unspecified atom stereocenters. The van der Waals surface area contributed by atoms with Crippen molar-refractivity contribution in [3.8, 4) is 34.5 Å². The zero-order valence-corrected chi connectivity index (χ0v) is 19.3. The molecular formula is C26H31NO6. The molecule has 1 N–H and O–H groups in total. The third kappa shape index (κ3) is 7.22. The zero-order chi connectivity index (χ0) is 23.3. The number of benzene rings is 3. The Labute approximate surface area is 195 Å². The topological polar surface area (TPSA) is 67.4 Å². The number of ether oxygens (including phenoxy) is 6. The van der Waals surface area contributed by atoms with E-state index >= 15 is 0 Å². The summed E-state index contributed by atoms with van der Waals surface area (Å²) in [5.41, 5.74) is 1.05. The summed E-state index contributed by atoms with van der Waals surface area (Å²) >= 11 is 0. The quantitative estimate of drug-likeness (QED) is 0.364. The average molecular weight is 454 g/mol. The summed E-state index contributed by atoms with van der Waals surface area (Å²) in [6.45, 7) is 2.74. The van der Waals surface area contributed by atoms with Crippen LogP contribution < -0.4 is 33.7 Å². The molecule has 0 heterocycles. The minimum atomic E-state index is 0.451. The molecule has 0 spiro atoms. The van der Waals surface area contributed by atoms with Crippen LogP contribution in [0.25, 0.3) is 0 Å². The highest BCUT2D eigenvalue weighted by Crippen LogP contribution is 2.36. The maximum atomic E-state index is 5.96. The summed E-state index contributed by atoms with van der Waals surface area (Å²) < 4.78 is 33.6. The third-order valence-corrected chi connectivity index (χ3v) is 4.85. The first-order chi connectivity index (χ1) is 16.2. The van der Waals surface area contributed by atoms with Gasteiger partial charge in [0, 0.05) is 13.1 Å². The van der Waals surface area contributed by atoms with Gasteiger partial charge in [0.25, 0.3) is 0 Å². The Bertz CT molecular complexity index is 955. The maximum Gasteiger partial charge on any atom is 0.203 e. The molecule has 176 valence electrons. The van der Waals surface area contributed by atoms with Gasteiger partial charge in [0.2, 0.25) is 5.75 Å². The van der Waals surface area contributed by atoms with Crippen LogP contribution in [-0.2, 0) is 6.61 Å². The van der Waals surface area contributed by atoms with E-state index in [4.69, 9.17) is 28.4 Å². The third-order valence-electron chi connectivity index (χ3n) is 4.85. The van der Waals surface area contributed by atoms with E-state index in [0.29, 0.717) is 61.7 Å². The van der Waals surface area contributed by atoms with E-state index < -0.39 is 0 Å². The van der Waals surface area contributed by atoms with Crippen molar-refractivity contribution >= 4 is 0 Å². The number of hydrogen-bond acceptors (Lipinski definition) is 7. The van der Waals surface area contributed by atoms with Gasteiger partial charge in [0.15, 0.2) is 23.0 Å². The first kappa shape index (κ1) is 24.1. The van der Waals surface area contributed by atoms with Crippen LogP contribution in [0.3, 0.4) is 0 Å². The Morgan fingerprint density at radius 3 is 1.76 bits per heavy atom. The van der Waals surface area contributed by atoms with Crippen molar-refractivity contribution in [1.29, 1.82) is 0 Å². The summed E-state index contributed by atoms with van der Waals surface area (Å²) in [6, 6.07) is 21.0. The van der Waals surface area contributed by atoms with E-state index in [9.17, 15) is 0 Å². The molecule has 0 radical (unpaired) electrons. The standard InChI is InChI=1S/C26H31NO6/c1-28-21-13-11-20(12-14-21)19-33-23-8-5-4-7-22(23)31-17-15-27-16-18-32-26-24(29-2)9-6-10-25(26)30-3/h4-14,27H,15-19H2,1-3H3. The van der Waals surface area contributed by atoms with Gasteiger partial charge in [-0.05, 0) is 42.0 Å². The van der Waals surface area contributed by atoms with Crippen LogP contribution in [0, 0.1) is 0 Å². The lowest BCUT2D eigenvalue weighted by Crippen LogP contribution is -2.26. The van der Waals surface area contributed by atoms with Gasteiger partial charge in [-0.15, -0.1) is 0 Å². The van der Waals surface area contributed by atoms with Crippen LogP contribution in [0.2, 0.25) is 0 Å². The average Bonchev–Trinajstić information content (AvgIpc) is 2.87. The summed E-state index contributed by atoms with van der Waals surface area (Å²) in [5.74, 6) is 4.13. The fourth-order valence-electron chi connectivity index (χ4n) is 3.11. The monoisotopic (exact) mass is 453 g/mol. The lowest BCUT2D eigenvalue weighted by Gasteiger charge is -2.15. The molecule has 3 aromatic carbocycles. The fourth-order valence-corrected chi connectivity index (χ4v) is 3.11. The minimum Gasteiger partial charge on any atom is -0.497 e. The van der Waals surface area contributed by atoms with Gasteiger partial charge in [-0.2, -0.15) is 0 Å². The Morgan fingerprint density at radius 2 is 1.15 bits per heavy atom. The van der Waals surface area contributed by atoms with Gasteiger partial charge in [-0.3, -0.25) is 0 Å². The normalized spacial score (nSPS) is 10.4. The van der Waals surface area contributed by atoms with E-state index in [1.54, 1.807) is 21.3 Å². The number of rotatable bonds is 14. The van der Waals surface area contributed by atoms with Crippen LogP contribution in [-0.4, -0.2) is 47.6 Å². The first-order valence-electron chi connectivity index (χ1n) is 10.8. The van der Waals surface area contributed by atoms with Crippen molar-refractivity contribution in [3.05, 3.63) is 72.3 Å². The molecule has 0 bridgehead atoms. The number of nitrogens with one attached hydrogen (secondary N) is 1. The molecule has 0 aliphatic carbocycles. The molecule has 0 fully saturated rings. The van der Waals surface area contributed by atoms with Crippen molar-refractivity contribution in [3.63, 3.8) is 0 Å². The lowest BCUT2D eigenvalue weighted by molar-refractivity contribution is 0.252. The fraction of sp³-hybridized carbons (Fsp3) is 0.308. The predicted octanol–water partition coefficient (Wildman–Crippen LogP) is 4.34. The molecule has 0 atom stereocenters. The summed E-state index contributed by atoms with van der Waals surface area (Å²) in [5, 5.41) is 3.30. The second-order valence-corrected chi connectivity index (χ2v) is 7.02. The molecular weight excluding hydrogens is 422 g/mol. The van der Waals surface area contributed by atoms with Crippen LogP contribution in [0.15, 0.2) is 66.7 Å². The highest BCUT2D eigenvalue weighted by Gasteiger charge is 2.10. The van der Waals surface area contributed by atoms with Gasteiger partial charge < -0.3 is 33.7 Å². The summed E-state index contributed by atoms with van der Waals surface area (Å²) in [6.07, 6.45) is 0. The van der Waals surface area contributed by atoms with E-state index in [2.05, 4.69) is 5.32 Å². The molecule has 3 aromatic rings. The first-order valence-corrected chi connectivity index (χ1v) is 10.8. The molecule has 7 heteroatoms. The number of hydrogen-bond donors (Lipinski definition) is 1. The molecule has 33 heavy (non-hydrogen) atoms. The van der Waals surface area contributed by atoms with Crippen LogP contribution >= 0.6 is 0 Å². The van der Waals surface area contributed by atoms with Gasteiger partial charge in [0.1, 0.15) is 25.6 Å². The molecule has 0 amide bonds. The van der Waals surface area contributed by atoms with E-state index in [1.807, 2.05) is 66.7 Å². The highest BCUT2D eigenvalue weighted by molar-refractivity contribution is 5.51. The van der Waals surface area contributed by atoms with Gasteiger partial charge in [0.05, 0.1) is 21.3 Å². The summed E-state index contributed by atoms with van der Waals surface area (Å²) in [7, 11) is 4.87. The molecule has 0 aliphatic heterocycles. The van der Waals surface area contributed by atoms with Gasteiger partial charge >= 0.3 is 0 Å². The van der Waals surface area contributed by atoms with Crippen LogP contribution in [0.1, 0.15) is 5.56 Å². The largest absolute Gasteiger partial charge is 0.497 e.